The minimum Gasteiger partial charge on any atom is -0.308 e. The molecular weight excluding hydrogens is 256 g/mol. The first-order chi connectivity index (χ1) is 9.35. The number of thiophene rings is 1. The first kappa shape index (κ1) is 12.6. The Hall–Kier alpha value is -1.43. The van der Waals surface area contributed by atoms with E-state index in [4.69, 9.17) is 5.84 Å². The molecule has 0 aromatic carbocycles. The van der Waals surface area contributed by atoms with Gasteiger partial charge in [0.25, 0.3) is 0 Å². The monoisotopic (exact) mass is 274 g/mol. The first-order valence-corrected chi connectivity index (χ1v) is 7.41. The van der Waals surface area contributed by atoms with Crippen LogP contribution in [0.2, 0.25) is 0 Å². The number of aromatic nitrogens is 1. The normalized spacial score (nSPS) is 14.8. The van der Waals surface area contributed by atoms with Crippen molar-refractivity contribution in [3.05, 3.63) is 46.3 Å². The quantitative estimate of drug-likeness (QED) is 0.628. The van der Waals surface area contributed by atoms with E-state index in [1.54, 1.807) is 6.20 Å². The van der Waals surface area contributed by atoms with Gasteiger partial charge in [0.2, 0.25) is 0 Å². The summed E-state index contributed by atoms with van der Waals surface area (Å²) in [6, 6.07) is 9.14. The summed E-state index contributed by atoms with van der Waals surface area (Å²) in [6.45, 7) is 2.00. The number of nitrogens with one attached hydrogen (secondary N) is 1. The molecule has 1 aliphatic carbocycles. The molecule has 0 radical (unpaired) electrons. The molecule has 2 aromatic rings. The van der Waals surface area contributed by atoms with Crippen LogP contribution in [-0.4, -0.2) is 15.9 Å². The summed E-state index contributed by atoms with van der Waals surface area (Å²) < 4.78 is 0. The highest BCUT2D eigenvalue weighted by atomic mass is 32.1. The third kappa shape index (κ3) is 3.32. The summed E-state index contributed by atoms with van der Waals surface area (Å²) in [5.74, 6) is 6.13. The minimum atomic E-state index is 0.726. The third-order valence-corrected chi connectivity index (χ3v) is 4.22. The molecule has 0 amide bonds. The van der Waals surface area contributed by atoms with Crippen LogP contribution >= 0.6 is 11.3 Å². The zero-order valence-electron chi connectivity index (χ0n) is 10.7. The predicted molar refractivity (Wildman–Crippen MR) is 78.6 cm³/mol. The van der Waals surface area contributed by atoms with E-state index >= 15 is 0 Å². The van der Waals surface area contributed by atoms with Gasteiger partial charge in [-0.05, 0) is 42.0 Å². The molecule has 3 N–H and O–H groups in total. The molecule has 4 nitrogen and oxygen atoms in total. The number of nitrogens with two attached hydrogens (primary N) is 1. The molecule has 5 heteroatoms. The Morgan fingerprint density at radius 1 is 1.37 bits per heavy atom. The highest BCUT2D eigenvalue weighted by Gasteiger charge is 2.29. The number of pyridine rings is 1. The standard InChI is InChI=1S/C14H18N4S/c15-17-14-8-11(5-6-16-14)9-18(12-3-4-12)10-13-2-1-7-19-13/h1-2,5-8,12H,3-4,9-10,15H2,(H,16,17). The molecule has 0 saturated heterocycles. The van der Waals surface area contributed by atoms with E-state index in [1.807, 2.05) is 17.4 Å². The molecule has 19 heavy (non-hydrogen) atoms. The van der Waals surface area contributed by atoms with Crippen LogP contribution in [0.3, 0.4) is 0 Å². The van der Waals surface area contributed by atoms with Gasteiger partial charge in [0.15, 0.2) is 0 Å². The predicted octanol–water partition coefficient (Wildman–Crippen LogP) is 2.59. The third-order valence-electron chi connectivity index (χ3n) is 3.36. The van der Waals surface area contributed by atoms with E-state index < -0.39 is 0 Å². The van der Waals surface area contributed by atoms with E-state index in [-0.39, 0.29) is 0 Å². The van der Waals surface area contributed by atoms with Crippen molar-refractivity contribution in [2.75, 3.05) is 5.43 Å². The lowest BCUT2D eigenvalue weighted by Crippen LogP contribution is -2.24. The Morgan fingerprint density at radius 3 is 2.95 bits per heavy atom. The lowest BCUT2D eigenvalue weighted by atomic mass is 10.2. The molecule has 100 valence electrons. The van der Waals surface area contributed by atoms with Gasteiger partial charge in [0, 0.05) is 30.2 Å². The van der Waals surface area contributed by atoms with Gasteiger partial charge in [-0.2, -0.15) is 0 Å². The number of rotatable bonds is 6. The van der Waals surface area contributed by atoms with Crippen molar-refractivity contribution in [2.24, 2.45) is 5.84 Å². The molecule has 2 heterocycles. The fourth-order valence-electron chi connectivity index (χ4n) is 2.24. The van der Waals surface area contributed by atoms with Crippen LogP contribution in [0.25, 0.3) is 0 Å². The Morgan fingerprint density at radius 2 is 2.26 bits per heavy atom. The topological polar surface area (TPSA) is 54.2 Å². The lowest BCUT2D eigenvalue weighted by molar-refractivity contribution is 0.248. The van der Waals surface area contributed by atoms with Crippen LogP contribution in [0.4, 0.5) is 5.82 Å². The fourth-order valence-corrected chi connectivity index (χ4v) is 2.97. The van der Waals surface area contributed by atoms with E-state index in [9.17, 15) is 0 Å². The molecule has 1 aliphatic rings. The number of anilines is 1. The van der Waals surface area contributed by atoms with Crippen molar-refractivity contribution in [2.45, 2.75) is 32.0 Å². The van der Waals surface area contributed by atoms with Crippen LogP contribution in [-0.2, 0) is 13.1 Å². The Kier molecular flexibility index (Phi) is 3.77. The van der Waals surface area contributed by atoms with E-state index in [0.717, 1.165) is 24.9 Å². The lowest BCUT2D eigenvalue weighted by Gasteiger charge is -2.21. The average molecular weight is 274 g/mol. The number of hydrazine groups is 1. The Bertz CT molecular complexity index is 522. The van der Waals surface area contributed by atoms with Gasteiger partial charge in [0.05, 0.1) is 0 Å². The van der Waals surface area contributed by atoms with Crippen molar-refractivity contribution < 1.29 is 0 Å². The molecule has 0 bridgehead atoms. The number of nitrogens with zero attached hydrogens (tertiary/aromatic N) is 2. The van der Waals surface area contributed by atoms with Gasteiger partial charge < -0.3 is 5.43 Å². The average Bonchev–Trinajstić information content (AvgIpc) is 3.17. The zero-order chi connectivity index (χ0) is 13.1. The second-order valence-corrected chi connectivity index (χ2v) is 5.94. The van der Waals surface area contributed by atoms with Crippen molar-refractivity contribution >= 4 is 17.2 Å². The van der Waals surface area contributed by atoms with Gasteiger partial charge in [0.1, 0.15) is 5.82 Å². The van der Waals surface area contributed by atoms with E-state index in [2.05, 4.69) is 38.9 Å². The van der Waals surface area contributed by atoms with E-state index in [0.29, 0.717) is 0 Å². The molecular formula is C14H18N4S. The molecule has 2 aromatic heterocycles. The van der Waals surface area contributed by atoms with Crippen LogP contribution < -0.4 is 11.3 Å². The molecule has 0 aliphatic heterocycles. The maximum atomic E-state index is 5.41. The molecule has 1 fully saturated rings. The van der Waals surface area contributed by atoms with Crippen LogP contribution in [0, 0.1) is 0 Å². The number of hydrogen-bond acceptors (Lipinski definition) is 5. The van der Waals surface area contributed by atoms with Crippen molar-refractivity contribution in [3.63, 3.8) is 0 Å². The molecule has 1 saturated carbocycles. The summed E-state index contributed by atoms with van der Waals surface area (Å²) in [7, 11) is 0. The molecule has 0 spiro atoms. The second-order valence-electron chi connectivity index (χ2n) is 4.91. The maximum Gasteiger partial charge on any atom is 0.140 e. The van der Waals surface area contributed by atoms with Gasteiger partial charge in [-0.1, -0.05) is 6.07 Å². The highest BCUT2D eigenvalue weighted by molar-refractivity contribution is 7.09. The Balaban J connectivity index is 1.70. The highest BCUT2D eigenvalue weighted by Crippen LogP contribution is 2.30. The molecule has 0 unspecified atom stereocenters. The molecule has 0 atom stereocenters. The fraction of sp³-hybridized carbons (Fsp3) is 0.357. The maximum absolute atomic E-state index is 5.41. The summed E-state index contributed by atoms with van der Waals surface area (Å²) in [6.07, 6.45) is 4.44. The first-order valence-electron chi connectivity index (χ1n) is 6.53. The van der Waals surface area contributed by atoms with E-state index in [1.165, 1.54) is 23.3 Å². The largest absolute Gasteiger partial charge is 0.308 e. The smallest absolute Gasteiger partial charge is 0.140 e. The summed E-state index contributed by atoms with van der Waals surface area (Å²) in [5.41, 5.74) is 3.86. The summed E-state index contributed by atoms with van der Waals surface area (Å²) in [5, 5.41) is 2.14. The minimum absolute atomic E-state index is 0.726. The number of hydrogen-bond donors (Lipinski definition) is 2. The SMILES string of the molecule is NNc1cc(CN(Cc2cccs2)C2CC2)ccn1. The summed E-state index contributed by atoms with van der Waals surface area (Å²) >= 11 is 1.83. The molecule has 3 rings (SSSR count). The van der Waals surface area contributed by atoms with Gasteiger partial charge in [-0.3, -0.25) is 4.90 Å². The van der Waals surface area contributed by atoms with Crippen LogP contribution in [0.15, 0.2) is 35.8 Å². The number of nitrogen functional groups attached to an aromatic ring is 1. The summed E-state index contributed by atoms with van der Waals surface area (Å²) in [4.78, 5) is 8.12. The van der Waals surface area contributed by atoms with Crippen LogP contribution in [0.1, 0.15) is 23.3 Å². The zero-order valence-corrected chi connectivity index (χ0v) is 11.6. The van der Waals surface area contributed by atoms with Crippen molar-refractivity contribution in [3.8, 4) is 0 Å². The van der Waals surface area contributed by atoms with Crippen molar-refractivity contribution in [1.82, 2.24) is 9.88 Å². The van der Waals surface area contributed by atoms with Gasteiger partial charge in [-0.25, -0.2) is 10.8 Å². The van der Waals surface area contributed by atoms with Crippen LogP contribution in [0.5, 0.6) is 0 Å². The van der Waals surface area contributed by atoms with Gasteiger partial charge >= 0.3 is 0 Å². The Labute approximate surface area is 117 Å². The second kappa shape index (κ2) is 5.69. The van der Waals surface area contributed by atoms with Crippen molar-refractivity contribution in [1.29, 1.82) is 0 Å². The van der Waals surface area contributed by atoms with Gasteiger partial charge in [-0.15, -0.1) is 11.3 Å².